The van der Waals surface area contributed by atoms with Gasteiger partial charge in [0.2, 0.25) is 5.13 Å². The van der Waals surface area contributed by atoms with Crippen LogP contribution in [0.5, 0.6) is 0 Å². The molecule has 25 heavy (non-hydrogen) atoms. The van der Waals surface area contributed by atoms with Gasteiger partial charge in [-0.2, -0.15) is 0 Å². The van der Waals surface area contributed by atoms with Crippen LogP contribution in [0.2, 0.25) is 0 Å². The highest BCUT2D eigenvalue weighted by Crippen LogP contribution is 2.26. The average molecular weight is 383 g/mol. The van der Waals surface area contributed by atoms with Crippen LogP contribution in [0, 0.1) is 6.92 Å². The Labute approximate surface area is 157 Å². The Morgan fingerprint density at radius 1 is 1.28 bits per heavy atom. The van der Waals surface area contributed by atoms with Crippen molar-refractivity contribution in [3.8, 4) is 0 Å². The van der Waals surface area contributed by atoms with Gasteiger partial charge in [0, 0.05) is 13.5 Å². The molecule has 2 aromatic rings. The van der Waals surface area contributed by atoms with E-state index in [0.29, 0.717) is 24.4 Å². The molecule has 2 N–H and O–H groups in total. The summed E-state index contributed by atoms with van der Waals surface area (Å²) in [4.78, 5) is 12.6. The third-order valence-electron chi connectivity index (χ3n) is 4.38. The van der Waals surface area contributed by atoms with E-state index in [2.05, 4.69) is 52.0 Å². The normalized spacial score (nSPS) is 16.1. The zero-order chi connectivity index (χ0) is 17.0. The lowest BCUT2D eigenvalue weighted by Crippen LogP contribution is -2.51. The first-order valence-electron chi connectivity index (χ1n) is 8.06. The molecule has 0 bridgehead atoms. The molecule has 1 fully saturated rings. The third kappa shape index (κ3) is 4.76. The molecule has 1 saturated heterocycles. The molecule has 1 aromatic heterocycles. The van der Waals surface area contributed by atoms with Crippen molar-refractivity contribution in [1.82, 2.24) is 15.5 Å². The number of piperidine rings is 1. The van der Waals surface area contributed by atoms with Crippen LogP contribution in [0.3, 0.4) is 0 Å². The summed E-state index contributed by atoms with van der Waals surface area (Å²) in [5, 5.41) is 15.8. The van der Waals surface area contributed by atoms with Crippen molar-refractivity contribution in [3.05, 3.63) is 40.4 Å². The molecule has 1 aromatic carbocycles. The molecule has 0 aliphatic carbocycles. The van der Waals surface area contributed by atoms with Gasteiger partial charge in [-0.05, 0) is 38.4 Å². The molecule has 1 aliphatic rings. The number of nitrogens with zero attached hydrogens (tertiary/aromatic N) is 2. The Morgan fingerprint density at radius 2 is 1.96 bits per heavy atom. The molecular formula is C17H23ClN4O2S. The van der Waals surface area contributed by atoms with Crippen LogP contribution in [0.4, 0.5) is 5.13 Å². The quantitative estimate of drug-likeness (QED) is 0.831. The molecule has 6 nitrogen and oxygen atoms in total. The molecule has 0 radical (unpaired) electrons. The van der Waals surface area contributed by atoms with E-state index in [-0.39, 0.29) is 18.3 Å². The van der Waals surface area contributed by atoms with E-state index >= 15 is 0 Å². The van der Waals surface area contributed by atoms with Crippen LogP contribution in [0.1, 0.15) is 29.0 Å². The Bertz CT molecular complexity index is 699. The number of aryl methyl sites for hydroxylation is 1. The number of anilines is 1. The van der Waals surface area contributed by atoms with Crippen molar-refractivity contribution in [1.29, 1.82) is 0 Å². The van der Waals surface area contributed by atoms with E-state index in [4.69, 9.17) is 4.74 Å². The number of carbonyl (C=O) groups is 1. The maximum absolute atomic E-state index is 12.6. The summed E-state index contributed by atoms with van der Waals surface area (Å²) in [6, 6.07) is 8.34. The van der Waals surface area contributed by atoms with Gasteiger partial charge in [0.25, 0.3) is 5.91 Å². The largest absolute Gasteiger partial charge is 0.368 e. The van der Waals surface area contributed by atoms with Crippen molar-refractivity contribution < 1.29 is 9.53 Å². The highest BCUT2D eigenvalue weighted by Gasteiger charge is 2.40. The highest BCUT2D eigenvalue weighted by molar-refractivity contribution is 7.15. The van der Waals surface area contributed by atoms with Crippen LogP contribution in [-0.4, -0.2) is 41.9 Å². The summed E-state index contributed by atoms with van der Waals surface area (Å²) in [5.74, 6) is -0.135. The van der Waals surface area contributed by atoms with E-state index in [9.17, 15) is 4.79 Å². The molecular weight excluding hydrogens is 360 g/mol. The maximum atomic E-state index is 12.6. The molecule has 0 atom stereocenters. The van der Waals surface area contributed by atoms with Gasteiger partial charge in [-0.1, -0.05) is 41.2 Å². The van der Waals surface area contributed by atoms with Crippen molar-refractivity contribution >= 4 is 34.8 Å². The molecule has 2 heterocycles. The summed E-state index contributed by atoms with van der Waals surface area (Å²) >= 11 is 1.41. The van der Waals surface area contributed by atoms with E-state index < -0.39 is 5.60 Å². The van der Waals surface area contributed by atoms with Crippen LogP contribution < -0.4 is 10.6 Å². The number of methoxy groups -OCH3 is 1. The Morgan fingerprint density at radius 3 is 2.60 bits per heavy atom. The molecule has 0 unspecified atom stereocenters. The van der Waals surface area contributed by atoms with Gasteiger partial charge in [-0.3, -0.25) is 10.1 Å². The minimum absolute atomic E-state index is 0. The van der Waals surface area contributed by atoms with E-state index in [0.717, 1.165) is 18.1 Å². The first-order valence-corrected chi connectivity index (χ1v) is 8.88. The van der Waals surface area contributed by atoms with Crippen LogP contribution in [0.15, 0.2) is 24.3 Å². The molecule has 3 rings (SSSR count). The Kier molecular flexibility index (Phi) is 6.89. The standard InChI is InChI=1S/C17H22N4O2S.ClH/c1-12-3-5-13(6-4-12)11-14-20-21-16(24-14)19-15(22)17(23-2)7-9-18-10-8-17;/h3-6,18H,7-11H2,1-2H3,(H,19,21,22);1H. The number of amides is 1. The average Bonchev–Trinajstić information content (AvgIpc) is 3.04. The summed E-state index contributed by atoms with van der Waals surface area (Å²) in [7, 11) is 1.59. The first-order chi connectivity index (χ1) is 11.6. The predicted molar refractivity (Wildman–Crippen MR) is 102 cm³/mol. The van der Waals surface area contributed by atoms with E-state index in [1.54, 1.807) is 7.11 Å². The summed E-state index contributed by atoms with van der Waals surface area (Å²) < 4.78 is 5.53. The summed E-state index contributed by atoms with van der Waals surface area (Å²) in [5.41, 5.74) is 1.64. The summed E-state index contributed by atoms with van der Waals surface area (Å²) in [6.45, 7) is 3.61. The molecule has 1 amide bonds. The number of hydrogen-bond donors (Lipinski definition) is 2. The van der Waals surface area contributed by atoms with Crippen LogP contribution in [0.25, 0.3) is 0 Å². The lowest BCUT2D eigenvalue weighted by molar-refractivity contribution is -0.140. The fourth-order valence-corrected chi connectivity index (χ4v) is 3.59. The zero-order valence-electron chi connectivity index (χ0n) is 14.4. The lowest BCUT2D eigenvalue weighted by atomic mass is 9.91. The predicted octanol–water partition coefficient (Wildman–Crippen LogP) is 2.57. The number of nitrogens with one attached hydrogen (secondary N) is 2. The van der Waals surface area contributed by atoms with E-state index in [1.165, 1.54) is 22.5 Å². The number of hydrogen-bond acceptors (Lipinski definition) is 6. The minimum Gasteiger partial charge on any atom is -0.368 e. The SMILES string of the molecule is COC1(C(=O)Nc2nnc(Cc3ccc(C)cc3)s2)CCNCC1.Cl. The second-order valence-electron chi connectivity index (χ2n) is 6.07. The van der Waals surface area contributed by atoms with Gasteiger partial charge in [-0.15, -0.1) is 22.6 Å². The van der Waals surface area contributed by atoms with Gasteiger partial charge in [0.1, 0.15) is 10.6 Å². The topological polar surface area (TPSA) is 76.1 Å². The number of ether oxygens (including phenoxy) is 1. The van der Waals surface area contributed by atoms with Crippen LogP contribution >= 0.6 is 23.7 Å². The second-order valence-corrected chi connectivity index (χ2v) is 7.13. The Hall–Kier alpha value is -1.54. The minimum atomic E-state index is -0.770. The van der Waals surface area contributed by atoms with E-state index in [1.807, 2.05) is 0 Å². The number of rotatable bonds is 5. The summed E-state index contributed by atoms with van der Waals surface area (Å²) in [6.07, 6.45) is 2.03. The van der Waals surface area contributed by atoms with Crippen LogP contribution in [-0.2, 0) is 16.0 Å². The molecule has 1 aliphatic heterocycles. The molecule has 0 saturated carbocycles. The van der Waals surface area contributed by atoms with Crippen molar-refractivity contribution in [2.24, 2.45) is 0 Å². The number of carbonyl (C=O) groups excluding carboxylic acids is 1. The zero-order valence-corrected chi connectivity index (χ0v) is 16.0. The second kappa shape index (κ2) is 8.71. The van der Waals surface area contributed by atoms with Crippen molar-refractivity contribution in [3.63, 3.8) is 0 Å². The van der Waals surface area contributed by atoms with Crippen molar-refractivity contribution in [2.75, 3.05) is 25.5 Å². The van der Waals surface area contributed by atoms with Crippen molar-refractivity contribution in [2.45, 2.75) is 31.8 Å². The highest BCUT2D eigenvalue weighted by atomic mass is 35.5. The van der Waals surface area contributed by atoms with Gasteiger partial charge in [0.15, 0.2) is 0 Å². The van der Waals surface area contributed by atoms with Gasteiger partial charge in [0.05, 0.1) is 0 Å². The first kappa shape index (κ1) is 19.8. The monoisotopic (exact) mass is 382 g/mol. The number of benzene rings is 1. The maximum Gasteiger partial charge on any atom is 0.258 e. The number of aromatic nitrogens is 2. The van der Waals surface area contributed by atoms with Gasteiger partial charge >= 0.3 is 0 Å². The van der Waals surface area contributed by atoms with Gasteiger partial charge < -0.3 is 10.1 Å². The molecule has 136 valence electrons. The number of halogens is 1. The smallest absolute Gasteiger partial charge is 0.258 e. The lowest BCUT2D eigenvalue weighted by Gasteiger charge is -2.34. The third-order valence-corrected chi connectivity index (χ3v) is 5.22. The Balaban J connectivity index is 0.00000225. The molecule has 0 spiro atoms. The molecule has 8 heteroatoms. The fraction of sp³-hybridized carbons (Fsp3) is 0.471. The van der Waals surface area contributed by atoms with Gasteiger partial charge in [-0.25, -0.2) is 0 Å². The fourth-order valence-electron chi connectivity index (χ4n) is 2.82.